The smallest absolute Gasteiger partial charge is 0.255 e. The molecule has 0 saturated heterocycles. The van der Waals surface area contributed by atoms with Crippen molar-refractivity contribution < 1.29 is 9.53 Å². The molecule has 1 N–H and O–H groups in total. The van der Waals surface area contributed by atoms with E-state index in [0.717, 1.165) is 20.9 Å². The van der Waals surface area contributed by atoms with Crippen molar-refractivity contribution in [2.45, 2.75) is 13.8 Å². The van der Waals surface area contributed by atoms with Crippen LogP contribution in [0.3, 0.4) is 0 Å². The fourth-order valence-corrected chi connectivity index (χ4v) is 4.13. The van der Waals surface area contributed by atoms with Crippen molar-refractivity contribution in [2.75, 3.05) is 11.9 Å². The number of nitrogens with zero attached hydrogens (tertiary/aromatic N) is 4. The number of aromatic nitrogens is 4. The first kappa shape index (κ1) is 18.6. The highest BCUT2D eigenvalue weighted by Crippen LogP contribution is 2.32. The standard InChI is InChI=1S/C19H16BrN5O2S/c1-3-27-16-9-8-12(10-14(16)20)17(26)21-15-7-5-4-6-13(15)18-24-25-11(2)22-23-19(25)28-18/h4-10H,3H2,1-2H3,(H,21,26). The molecule has 0 saturated carbocycles. The SMILES string of the molecule is CCOc1ccc(C(=O)Nc2ccccc2-c2nn3c(C)nnc3s2)cc1Br. The Morgan fingerprint density at radius 1 is 1.25 bits per heavy atom. The van der Waals surface area contributed by atoms with Gasteiger partial charge in [-0.05, 0) is 60.1 Å². The summed E-state index contributed by atoms with van der Waals surface area (Å²) in [6, 6.07) is 12.8. The summed E-state index contributed by atoms with van der Waals surface area (Å²) in [5.41, 5.74) is 2.04. The minimum Gasteiger partial charge on any atom is -0.493 e. The van der Waals surface area contributed by atoms with Gasteiger partial charge in [0, 0.05) is 11.1 Å². The Bertz CT molecular complexity index is 1170. The highest BCUT2D eigenvalue weighted by atomic mass is 79.9. The summed E-state index contributed by atoms with van der Waals surface area (Å²) in [5.74, 6) is 1.21. The van der Waals surface area contributed by atoms with E-state index in [1.54, 1.807) is 22.7 Å². The van der Waals surface area contributed by atoms with Gasteiger partial charge in [0.1, 0.15) is 10.8 Å². The number of halogens is 1. The quantitative estimate of drug-likeness (QED) is 0.474. The number of para-hydroxylation sites is 1. The summed E-state index contributed by atoms with van der Waals surface area (Å²) >= 11 is 4.87. The number of carbonyl (C=O) groups is 1. The minimum atomic E-state index is -0.213. The molecule has 28 heavy (non-hydrogen) atoms. The molecule has 0 unspecified atom stereocenters. The van der Waals surface area contributed by atoms with Gasteiger partial charge in [0.15, 0.2) is 5.82 Å². The number of ether oxygens (including phenoxy) is 1. The van der Waals surface area contributed by atoms with Crippen LogP contribution in [-0.4, -0.2) is 32.3 Å². The van der Waals surface area contributed by atoms with Crippen LogP contribution in [0, 0.1) is 6.92 Å². The average Bonchev–Trinajstić information content (AvgIpc) is 3.26. The lowest BCUT2D eigenvalue weighted by atomic mass is 10.1. The van der Waals surface area contributed by atoms with E-state index in [0.29, 0.717) is 28.6 Å². The second kappa shape index (κ2) is 7.69. The Labute approximate surface area is 173 Å². The maximum atomic E-state index is 12.8. The molecule has 0 aliphatic carbocycles. The van der Waals surface area contributed by atoms with E-state index in [9.17, 15) is 4.79 Å². The molecule has 0 bridgehead atoms. The van der Waals surface area contributed by atoms with Gasteiger partial charge >= 0.3 is 0 Å². The average molecular weight is 458 g/mol. The van der Waals surface area contributed by atoms with Gasteiger partial charge in [-0.15, -0.1) is 10.2 Å². The second-order valence-corrected chi connectivity index (χ2v) is 7.74. The topological polar surface area (TPSA) is 81.4 Å². The van der Waals surface area contributed by atoms with Gasteiger partial charge in [-0.1, -0.05) is 23.5 Å². The molecule has 0 aliphatic heterocycles. The van der Waals surface area contributed by atoms with Gasteiger partial charge in [0.05, 0.1) is 16.8 Å². The van der Waals surface area contributed by atoms with Crippen LogP contribution in [-0.2, 0) is 0 Å². The zero-order valence-electron chi connectivity index (χ0n) is 15.1. The van der Waals surface area contributed by atoms with Crippen LogP contribution in [0.1, 0.15) is 23.1 Å². The molecule has 0 aliphatic rings. The number of fused-ring (bicyclic) bond motifs is 1. The van der Waals surface area contributed by atoms with Gasteiger partial charge in [0.25, 0.3) is 5.91 Å². The Morgan fingerprint density at radius 2 is 2.07 bits per heavy atom. The number of rotatable bonds is 5. The van der Waals surface area contributed by atoms with Crippen molar-refractivity contribution in [3.8, 4) is 16.3 Å². The van der Waals surface area contributed by atoms with Crippen LogP contribution in [0.5, 0.6) is 5.75 Å². The number of nitrogens with one attached hydrogen (secondary N) is 1. The first-order chi connectivity index (χ1) is 13.6. The summed E-state index contributed by atoms with van der Waals surface area (Å²) in [5, 5.41) is 16.4. The van der Waals surface area contributed by atoms with Crippen LogP contribution in [0.25, 0.3) is 15.5 Å². The predicted molar refractivity (Wildman–Crippen MR) is 112 cm³/mol. The summed E-state index contributed by atoms with van der Waals surface area (Å²) in [4.78, 5) is 13.5. The lowest BCUT2D eigenvalue weighted by Gasteiger charge is -2.11. The normalized spacial score (nSPS) is 11.0. The van der Waals surface area contributed by atoms with Gasteiger partial charge in [-0.25, -0.2) is 0 Å². The lowest BCUT2D eigenvalue weighted by molar-refractivity contribution is 0.102. The summed E-state index contributed by atoms with van der Waals surface area (Å²) < 4.78 is 7.93. The Hall–Kier alpha value is -2.78. The molecule has 4 aromatic rings. The van der Waals surface area contributed by atoms with E-state index in [1.165, 1.54) is 11.3 Å². The zero-order chi connectivity index (χ0) is 19.7. The van der Waals surface area contributed by atoms with Crippen LogP contribution in [0.15, 0.2) is 46.9 Å². The van der Waals surface area contributed by atoms with Gasteiger partial charge in [-0.2, -0.15) is 9.61 Å². The molecule has 0 fully saturated rings. The van der Waals surface area contributed by atoms with Crippen molar-refractivity contribution in [3.63, 3.8) is 0 Å². The van der Waals surface area contributed by atoms with Gasteiger partial charge in [0.2, 0.25) is 4.96 Å². The van der Waals surface area contributed by atoms with E-state index in [4.69, 9.17) is 4.74 Å². The van der Waals surface area contributed by atoms with Crippen molar-refractivity contribution in [1.29, 1.82) is 0 Å². The molecule has 0 radical (unpaired) electrons. The van der Waals surface area contributed by atoms with E-state index >= 15 is 0 Å². The number of amides is 1. The largest absolute Gasteiger partial charge is 0.493 e. The van der Waals surface area contributed by atoms with E-state index in [2.05, 4.69) is 36.5 Å². The number of aryl methyl sites for hydroxylation is 1. The maximum absolute atomic E-state index is 12.8. The first-order valence-corrected chi connectivity index (χ1v) is 10.2. The third kappa shape index (κ3) is 3.50. The Kier molecular flexibility index (Phi) is 5.10. The van der Waals surface area contributed by atoms with E-state index < -0.39 is 0 Å². The fraction of sp³-hybridized carbons (Fsp3) is 0.158. The molecule has 2 heterocycles. The summed E-state index contributed by atoms with van der Waals surface area (Å²) in [6.45, 7) is 4.32. The number of hydrogen-bond donors (Lipinski definition) is 1. The Morgan fingerprint density at radius 3 is 2.82 bits per heavy atom. The van der Waals surface area contributed by atoms with Gasteiger partial charge in [-0.3, -0.25) is 4.79 Å². The third-order valence-electron chi connectivity index (χ3n) is 4.05. The molecular weight excluding hydrogens is 442 g/mol. The molecule has 0 spiro atoms. The number of benzene rings is 2. The van der Waals surface area contributed by atoms with E-state index in [1.807, 2.05) is 38.1 Å². The predicted octanol–water partition coefficient (Wildman–Crippen LogP) is 4.57. The molecule has 2 aromatic heterocycles. The molecule has 1 amide bonds. The summed E-state index contributed by atoms with van der Waals surface area (Å²) in [6.07, 6.45) is 0. The zero-order valence-corrected chi connectivity index (χ0v) is 17.5. The molecule has 2 aromatic carbocycles. The van der Waals surface area contributed by atoms with E-state index in [-0.39, 0.29) is 5.91 Å². The fourth-order valence-electron chi connectivity index (χ4n) is 2.71. The van der Waals surface area contributed by atoms with Crippen molar-refractivity contribution in [3.05, 3.63) is 58.3 Å². The molecule has 7 nitrogen and oxygen atoms in total. The van der Waals surface area contributed by atoms with Crippen molar-refractivity contribution in [1.82, 2.24) is 19.8 Å². The van der Waals surface area contributed by atoms with Crippen molar-refractivity contribution in [2.24, 2.45) is 0 Å². The van der Waals surface area contributed by atoms with Crippen LogP contribution < -0.4 is 10.1 Å². The second-order valence-electron chi connectivity index (χ2n) is 5.93. The molecule has 142 valence electrons. The van der Waals surface area contributed by atoms with Crippen LogP contribution in [0.2, 0.25) is 0 Å². The number of carbonyl (C=O) groups excluding carboxylic acids is 1. The van der Waals surface area contributed by atoms with Gasteiger partial charge < -0.3 is 10.1 Å². The first-order valence-electron chi connectivity index (χ1n) is 8.58. The molecule has 0 atom stereocenters. The molecule has 4 rings (SSSR count). The Balaban J connectivity index is 1.63. The summed E-state index contributed by atoms with van der Waals surface area (Å²) in [7, 11) is 0. The highest BCUT2D eigenvalue weighted by molar-refractivity contribution is 9.10. The van der Waals surface area contributed by atoms with Crippen LogP contribution in [0.4, 0.5) is 5.69 Å². The minimum absolute atomic E-state index is 0.213. The molecule has 9 heteroatoms. The number of hydrogen-bond acceptors (Lipinski definition) is 6. The van der Waals surface area contributed by atoms with Crippen LogP contribution >= 0.6 is 27.3 Å². The lowest BCUT2D eigenvalue weighted by Crippen LogP contribution is -2.12. The molecular formula is C19H16BrN5O2S. The maximum Gasteiger partial charge on any atom is 0.255 e. The van der Waals surface area contributed by atoms with Crippen molar-refractivity contribution >= 4 is 43.8 Å². The highest BCUT2D eigenvalue weighted by Gasteiger charge is 2.16. The third-order valence-corrected chi connectivity index (χ3v) is 5.60. The monoisotopic (exact) mass is 457 g/mol. The number of anilines is 1.